The van der Waals surface area contributed by atoms with Crippen molar-refractivity contribution in [2.75, 3.05) is 12.0 Å². The molecule has 1 heterocycles. The fourth-order valence-corrected chi connectivity index (χ4v) is 4.28. The Balaban J connectivity index is 1.67. The third-order valence-electron chi connectivity index (χ3n) is 5.49. The molecule has 172 valence electrons. The predicted molar refractivity (Wildman–Crippen MR) is 132 cm³/mol. The van der Waals surface area contributed by atoms with Crippen LogP contribution in [0.3, 0.4) is 0 Å². The zero-order valence-corrected chi connectivity index (χ0v) is 19.8. The van der Waals surface area contributed by atoms with Gasteiger partial charge in [0.15, 0.2) is 0 Å². The second-order valence-electron chi connectivity index (χ2n) is 8.15. The maximum absolute atomic E-state index is 13.1. The molecule has 1 fully saturated rings. The van der Waals surface area contributed by atoms with Crippen LogP contribution in [0.25, 0.3) is 6.08 Å². The summed E-state index contributed by atoms with van der Waals surface area (Å²) in [5.41, 5.74) is 5.13. The average molecular weight is 475 g/mol. The van der Waals surface area contributed by atoms with Crippen molar-refractivity contribution >= 4 is 41.2 Å². The Bertz CT molecular complexity index is 1330. The third-order valence-corrected chi connectivity index (χ3v) is 5.81. The van der Waals surface area contributed by atoms with Gasteiger partial charge in [0.1, 0.15) is 11.3 Å². The van der Waals surface area contributed by atoms with Gasteiger partial charge in [-0.15, -0.1) is 0 Å². The number of hydrogen-bond acceptors (Lipinski definition) is 4. The molecule has 1 aliphatic rings. The number of benzene rings is 3. The molecule has 4 rings (SSSR count). The molecular formula is C27H23ClN2O4. The lowest BCUT2D eigenvalue weighted by molar-refractivity contribution is -0.122. The van der Waals surface area contributed by atoms with Crippen molar-refractivity contribution in [2.24, 2.45) is 0 Å². The number of halogens is 1. The summed E-state index contributed by atoms with van der Waals surface area (Å²) < 4.78 is 5.59. The molecule has 34 heavy (non-hydrogen) atoms. The molecule has 7 heteroatoms. The Morgan fingerprint density at radius 3 is 2.35 bits per heavy atom. The number of para-hydroxylation sites is 1. The summed E-state index contributed by atoms with van der Waals surface area (Å²) in [6.07, 6.45) is 2.12. The predicted octanol–water partition coefficient (Wildman–Crippen LogP) is 5.22. The summed E-state index contributed by atoms with van der Waals surface area (Å²) in [6.45, 7) is 4.12. The molecule has 0 spiro atoms. The molecule has 3 aromatic rings. The van der Waals surface area contributed by atoms with Gasteiger partial charge < -0.3 is 4.74 Å². The SMILES string of the molecule is COc1cc(/C=C2\C(=O)NC(=O)N(c3ccccc3Cl)C2=O)ccc1Cc1cc(C)cc(C)c1. The molecule has 6 nitrogen and oxygen atoms in total. The van der Waals surface area contributed by atoms with Crippen molar-refractivity contribution in [2.45, 2.75) is 20.3 Å². The van der Waals surface area contributed by atoms with Gasteiger partial charge in [-0.25, -0.2) is 9.69 Å². The Kier molecular flexibility index (Phi) is 6.52. The van der Waals surface area contributed by atoms with Gasteiger partial charge >= 0.3 is 6.03 Å². The number of urea groups is 1. The molecule has 0 aromatic heterocycles. The van der Waals surface area contributed by atoms with Crippen molar-refractivity contribution in [1.82, 2.24) is 5.32 Å². The van der Waals surface area contributed by atoms with Crippen LogP contribution in [0.15, 0.2) is 66.2 Å². The lowest BCUT2D eigenvalue weighted by Crippen LogP contribution is -2.54. The summed E-state index contributed by atoms with van der Waals surface area (Å²) in [4.78, 5) is 38.9. The highest BCUT2D eigenvalue weighted by atomic mass is 35.5. The number of hydrogen-bond donors (Lipinski definition) is 1. The fourth-order valence-electron chi connectivity index (χ4n) is 4.06. The molecule has 0 unspecified atom stereocenters. The Morgan fingerprint density at radius 1 is 0.971 bits per heavy atom. The first-order chi connectivity index (χ1) is 16.3. The maximum Gasteiger partial charge on any atom is 0.335 e. The van der Waals surface area contributed by atoms with Gasteiger partial charge in [-0.05, 0) is 54.8 Å². The number of nitrogens with one attached hydrogen (secondary N) is 1. The summed E-state index contributed by atoms with van der Waals surface area (Å²) in [7, 11) is 1.58. The number of imide groups is 2. The second-order valence-corrected chi connectivity index (χ2v) is 8.56. The summed E-state index contributed by atoms with van der Waals surface area (Å²) >= 11 is 6.18. The van der Waals surface area contributed by atoms with Crippen LogP contribution in [0.5, 0.6) is 5.75 Å². The van der Waals surface area contributed by atoms with E-state index in [2.05, 4.69) is 37.4 Å². The fraction of sp³-hybridized carbons (Fsp3) is 0.148. The highest BCUT2D eigenvalue weighted by molar-refractivity contribution is 6.42. The lowest BCUT2D eigenvalue weighted by Gasteiger charge is -2.27. The minimum Gasteiger partial charge on any atom is -0.496 e. The van der Waals surface area contributed by atoms with E-state index in [1.54, 1.807) is 31.4 Å². The van der Waals surface area contributed by atoms with Crippen molar-refractivity contribution in [1.29, 1.82) is 0 Å². The van der Waals surface area contributed by atoms with Gasteiger partial charge in [0.25, 0.3) is 11.8 Å². The molecule has 1 aliphatic heterocycles. The third kappa shape index (κ3) is 4.72. The van der Waals surface area contributed by atoms with Gasteiger partial charge in [-0.2, -0.15) is 0 Å². The van der Waals surface area contributed by atoms with Crippen LogP contribution in [0.1, 0.15) is 27.8 Å². The quantitative estimate of drug-likeness (QED) is 0.406. The van der Waals surface area contributed by atoms with Crippen molar-refractivity contribution in [3.8, 4) is 5.75 Å². The highest BCUT2D eigenvalue weighted by Crippen LogP contribution is 2.30. The first-order valence-corrected chi connectivity index (χ1v) is 11.0. The van der Waals surface area contributed by atoms with Crippen LogP contribution in [0.4, 0.5) is 10.5 Å². The normalized spacial score (nSPS) is 15.0. The zero-order valence-electron chi connectivity index (χ0n) is 19.0. The van der Waals surface area contributed by atoms with Gasteiger partial charge in [0, 0.05) is 6.42 Å². The maximum atomic E-state index is 13.1. The number of anilines is 1. The smallest absolute Gasteiger partial charge is 0.335 e. The van der Waals surface area contributed by atoms with Crippen LogP contribution >= 0.6 is 11.6 Å². The number of amides is 4. The largest absolute Gasteiger partial charge is 0.496 e. The summed E-state index contributed by atoms with van der Waals surface area (Å²) in [5.74, 6) is -0.882. The monoisotopic (exact) mass is 474 g/mol. The van der Waals surface area contributed by atoms with E-state index in [0.29, 0.717) is 17.7 Å². The highest BCUT2D eigenvalue weighted by Gasteiger charge is 2.37. The first kappa shape index (κ1) is 23.3. The first-order valence-electron chi connectivity index (χ1n) is 10.7. The molecule has 0 bridgehead atoms. The van der Waals surface area contributed by atoms with Crippen molar-refractivity contribution < 1.29 is 19.1 Å². The molecule has 1 saturated heterocycles. The summed E-state index contributed by atoms with van der Waals surface area (Å²) in [6, 6.07) is 17.5. The number of carbonyl (C=O) groups excluding carboxylic acids is 3. The number of aryl methyl sites for hydroxylation is 2. The standard InChI is InChI=1S/C27H23ClN2O4/c1-16-10-17(2)12-19(11-16)13-20-9-8-18(15-24(20)34-3)14-21-25(31)29-27(33)30(26(21)32)23-7-5-4-6-22(23)28/h4-12,14-15H,13H2,1-3H3,(H,29,31,33)/b21-14+. The molecule has 3 aromatic carbocycles. The molecule has 4 amide bonds. The molecule has 0 radical (unpaired) electrons. The van der Waals surface area contributed by atoms with E-state index in [1.807, 2.05) is 12.1 Å². The molecule has 1 N–H and O–H groups in total. The van der Waals surface area contributed by atoms with E-state index in [-0.39, 0.29) is 16.3 Å². The number of nitrogens with zero attached hydrogens (tertiary/aromatic N) is 1. The second kappa shape index (κ2) is 9.53. The number of barbiturate groups is 1. The van der Waals surface area contributed by atoms with Gasteiger partial charge in [-0.3, -0.25) is 14.9 Å². The van der Waals surface area contributed by atoms with Crippen LogP contribution in [-0.2, 0) is 16.0 Å². The van der Waals surface area contributed by atoms with Crippen LogP contribution in [0.2, 0.25) is 5.02 Å². The minimum atomic E-state index is -0.846. The molecular weight excluding hydrogens is 452 g/mol. The molecule has 0 saturated carbocycles. The topological polar surface area (TPSA) is 75.7 Å². The van der Waals surface area contributed by atoms with Gasteiger partial charge in [-0.1, -0.05) is 65.2 Å². The van der Waals surface area contributed by atoms with E-state index in [1.165, 1.54) is 23.3 Å². The Labute approximate surface area is 202 Å². The van der Waals surface area contributed by atoms with E-state index in [0.717, 1.165) is 16.0 Å². The summed E-state index contributed by atoms with van der Waals surface area (Å²) in [5, 5.41) is 2.43. The van der Waals surface area contributed by atoms with Crippen LogP contribution in [0, 0.1) is 13.8 Å². The van der Waals surface area contributed by atoms with E-state index >= 15 is 0 Å². The zero-order chi connectivity index (χ0) is 24.4. The van der Waals surface area contributed by atoms with Gasteiger partial charge in [0.05, 0.1) is 17.8 Å². The lowest BCUT2D eigenvalue weighted by atomic mass is 9.98. The Morgan fingerprint density at radius 2 is 1.68 bits per heavy atom. The average Bonchev–Trinajstić information content (AvgIpc) is 2.78. The Hall–Kier alpha value is -3.90. The molecule has 0 aliphatic carbocycles. The van der Waals surface area contributed by atoms with Crippen LogP contribution in [-0.4, -0.2) is 25.0 Å². The minimum absolute atomic E-state index is 0.177. The number of ether oxygens (including phenoxy) is 1. The van der Waals surface area contributed by atoms with Gasteiger partial charge in [0.2, 0.25) is 0 Å². The van der Waals surface area contributed by atoms with E-state index in [4.69, 9.17) is 16.3 Å². The van der Waals surface area contributed by atoms with Crippen molar-refractivity contribution in [3.05, 3.63) is 99.1 Å². The number of rotatable bonds is 5. The number of carbonyl (C=O) groups is 3. The van der Waals surface area contributed by atoms with E-state index < -0.39 is 17.8 Å². The van der Waals surface area contributed by atoms with Crippen molar-refractivity contribution in [3.63, 3.8) is 0 Å². The number of methoxy groups -OCH3 is 1. The van der Waals surface area contributed by atoms with Crippen LogP contribution < -0.4 is 15.0 Å². The van der Waals surface area contributed by atoms with E-state index in [9.17, 15) is 14.4 Å². The molecule has 0 atom stereocenters.